The van der Waals surface area contributed by atoms with E-state index in [0.29, 0.717) is 6.04 Å². The second-order valence-electron chi connectivity index (χ2n) is 5.85. The Hall–Kier alpha value is -1.03. The van der Waals surface area contributed by atoms with E-state index in [0.717, 1.165) is 24.7 Å². The first-order chi connectivity index (χ1) is 9.47. The second kappa shape index (κ2) is 6.61. The highest BCUT2D eigenvalue weighted by molar-refractivity contribution is 6.31. The Balaban J connectivity index is 2.32. The normalized spacial score (nSPS) is 11.9. The van der Waals surface area contributed by atoms with Crippen LogP contribution in [0.2, 0.25) is 5.02 Å². The van der Waals surface area contributed by atoms with Gasteiger partial charge in [-0.3, -0.25) is 0 Å². The number of likely N-dealkylation sites (N-methyl/N-ethyl adjacent to an activating group) is 1. The fourth-order valence-corrected chi connectivity index (χ4v) is 2.46. The SMILES string of the molecule is CC(C)NCc1cn(CCN(C)C)c2cc(Cl)ccc12. The number of nitrogens with zero attached hydrogens (tertiary/aromatic N) is 2. The summed E-state index contributed by atoms with van der Waals surface area (Å²) in [5.74, 6) is 0. The number of aromatic nitrogens is 1. The van der Waals surface area contributed by atoms with E-state index in [-0.39, 0.29) is 0 Å². The minimum Gasteiger partial charge on any atom is -0.346 e. The van der Waals surface area contributed by atoms with E-state index in [1.165, 1.54) is 16.5 Å². The Kier molecular flexibility index (Phi) is 5.08. The first-order valence-corrected chi connectivity index (χ1v) is 7.50. The van der Waals surface area contributed by atoms with Crippen LogP contribution >= 0.6 is 11.6 Å². The van der Waals surface area contributed by atoms with Crippen molar-refractivity contribution in [2.24, 2.45) is 0 Å². The molecule has 0 unspecified atom stereocenters. The summed E-state index contributed by atoms with van der Waals surface area (Å²) in [5, 5.41) is 5.58. The van der Waals surface area contributed by atoms with Gasteiger partial charge in [0, 0.05) is 47.8 Å². The molecule has 1 N–H and O–H groups in total. The van der Waals surface area contributed by atoms with Crippen molar-refractivity contribution in [1.29, 1.82) is 0 Å². The van der Waals surface area contributed by atoms with E-state index < -0.39 is 0 Å². The fourth-order valence-electron chi connectivity index (χ4n) is 2.29. The summed E-state index contributed by atoms with van der Waals surface area (Å²) in [5.41, 5.74) is 2.56. The van der Waals surface area contributed by atoms with Gasteiger partial charge in [-0.2, -0.15) is 0 Å². The van der Waals surface area contributed by atoms with Crippen LogP contribution in [0.4, 0.5) is 0 Å². The summed E-state index contributed by atoms with van der Waals surface area (Å²) in [6.45, 7) is 7.23. The highest BCUT2D eigenvalue weighted by atomic mass is 35.5. The summed E-state index contributed by atoms with van der Waals surface area (Å²) in [7, 11) is 4.19. The molecule has 1 aromatic carbocycles. The zero-order valence-electron chi connectivity index (χ0n) is 12.8. The van der Waals surface area contributed by atoms with Crippen molar-refractivity contribution in [3.8, 4) is 0 Å². The number of halogens is 1. The molecule has 4 heteroatoms. The minimum absolute atomic E-state index is 0.488. The average Bonchev–Trinajstić information content (AvgIpc) is 2.71. The van der Waals surface area contributed by atoms with Crippen LogP contribution in [0.25, 0.3) is 10.9 Å². The molecule has 20 heavy (non-hydrogen) atoms. The molecule has 0 bridgehead atoms. The lowest BCUT2D eigenvalue weighted by Crippen LogP contribution is -2.21. The van der Waals surface area contributed by atoms with Crippen molar-refractivity contribution < 1.29 is 0 Å². The quantitative estimate of drug-likeness (QED) is 0.881. The molecule has 0 spiro atoms. The first-order valence-electron chi connectivity index (χ1n) is 7.12. The van der Waals surface area contributed by atoms with Gasteiger partial charge in [0.05, 0.1) is 0 Å². The van der Waals surface area contributed by atoms with Crippen molar-refractivity contribution in [2.75, 3.05) is 20.6 Å². The zero-order chi connectivity index (χ0) is 14.7. The van der Waals surface area contributed by atoms with Crippen LogP contribution in [0.15, 0.2) is 24.4 Å². The van der Waals surface area contributed by atoms with Crippen LogP contribution < -0.4 is 5.32 Å². The van der Waals surface area contributed by atoms with Gasteiger partial charge in [0.25, 0.3) is 0 Å². The molecule has 0 saturated carbocycles. The van der Waals surface area contributed by atoms with E-state index >= 15 is 0 Å². The molecule has 1 heterocycles. The first kappa shape index (κ1) is 15.4. The largest absolute Gasteiger partial charge is 0.346 e. The molecule has 110 valence electrons. The maximum atomic E-state index is 6.15. The molecular weight excluding hydrogens is 270 g/mol. The van der Waals surface area contributed by atoms with E-state index in [4.69, 9.17) is 11.6 Å². The third-order valence-corrected chi connectivity index (χ3v) is 3.65. The van der Waals surface area contributed by atoms with Crippen molar-refractivity contribution in [2.45, 2.75) is 33.0 Å². The van der Waals surface area contributed by atoms with Crippen LogP contribution in [-0.2, 0) is 13.1 Å². The van der Waals surface area contributed by atoms with Crippen molar-refractivity contribution in [3.05, 3.63) is 35.0 Å². The summed E-state index contributed by atoms with van der Waals surface area (Å²) >= 11 is 6.15. The lowest BCUT2D eigenvalue weighted by atomic mass is 10.1. The lowest BCUT2D eigenvalue weighted by Gasteiger charge is -2.11. The highest BCUT2D eigenvalue weighted by Crippen LogP contribution is 2.25. The van der Waals surface area contributed by atoms with E-state index in [2.05, 4.69) is 61.1 Å². The predicted octanol–water partition coefficient (Wildman–Crippen LogP) is 3.35. The van der Waals surface area contributed by atoms with Gasteiger partial charge in [0.2, 0.25) is 0 Å². The van der Waals surface area contributed by atoms with Crippen LogP contribution in [0.5, 0.6) is 0 Å². The molecular formula is C16H24ClN3. The molecule has 0 aliphatic heterocycles. The van der Waals surface area contributed by atoms with Crippen LogP contribution in [0, 0.1) is 0 Å². The Morgan fingerprint density at radius 2 is 2.05 bits per heavy atom. The van der Waals surface area contributed by atoms with Gasteiger partial charge in [0.1, 0.15) is 0 Å². The molecule has 1 aromatic heterocycles. The van der Waals surface area contributed by atoms with Gasteiger partial charge in [-0.15, -0.1) is 0 Å². The monoisotopic (exact) mass is 293 g/mol. The van der Waals surface area contributed by atoms with Gasteiger partial charge in [-0.25, -0.2) is 0 Å². The predicted molar refractivity (Wildman–Crippen MR) is 87.5 cm³/mol. The minimum atomic E-state index is 0.488. The van der Waals surface area contributed by atoms with E-state index in [9.17, 15) is 0 Å². The van der Waals surface area contributed by atoms with Crippen molar-refractivity contribution >= 4 is 22.5 Å². The van der Waals surface area contributed by atoms with Crippen molar-refractivity contribution in [1.82, 2.24) is 14.8 Å². The zero-order valence-corrected chi connectivity index (χ0v) is 13.5. The average molecular weight is 294 g/mol. The lowest BCUT2D eigenvalue weighted by molar-refractivity contribution is 0.386. The topological polar surface area (TPSA) is 20.2 Å². The van der Waals surface area contributed by atoms with E-state index in [1.54, 1.807) is 0 Å². The maximum Gasteiger partial charge on any atom is 0.0499 e. The van der Waals surface area contributed by atoms with Gasteiger partial charge in [-0.1, -0.05) is 31.5 Å². The van der Waals surface area contributed by atoms with Crippen LogP contribution in [0.1, 0.15) is 19.4 Å². The molecule has 0 saturated heterocycles. The third-order valence-electron chi connectivity index (χ3n) is 3.42. The summed E-state index contributed by atoms with van der Waals surface area (Å²) < 4.78 is 2.30. The number of hydrogen-bond donors (Lipinski definition) is 1. The van der Waals surface area contributed by atoms with Gasteiger partial charge in [0.15, 0.2) is 0 Å². The van der Waals surface area contributed by atoms with Gasteiger partial charge in [-0.05, 0) is 31.8 Å². The molecule has 3 nitrogen and oxygen atoms in total. The molecule has 0 aliphatic carbocycles. The number of nitrogens with one attached hydrogen (secondary N) is 1. The second-order valence-corrected chi connectivity index (χ2v) is 6.28. The number of hydrogen-bond acceptors (Lipinski definition) is 2. The molecule has 2 aromatic rings. The molecule has 0 atom stereocenters. The standard InChI is InChI=1S/C16H24ClN3/c1-12(2)18-10-13-11-20(8-7-19(3)4)16-9-14(17)5-6-15(13)16/h5-6,9,11-12,18H,7-8,10H2,1-4H3. The molecule has 0 aliphatic rings. The van der Waals surface area contributed by atoms with Gasteiger partial charge < -0.3 is 14.8 Å². The molecule has 2 rings (SSSR count). The summed E-state index contributed by atoms with van der Waals surface area (Å²) in [4.78, 5) is 2.20. The number of benzene rings is 1. The Morgan fingerprint density at radius 3 is 2.70 bits per heavy atom. The van der Waals surface area contributed by atoms with Crippen LogP contribution in [-0.4, -0.2) is 36.1 Å². The Morgan fingerprint density at radius 1 is 1.30 bits per heavy atom. The fraction of sp³-hybridized carbons (Fsp3) is 0.500. The smallest absolute Gasteiger partial charge is 0.0499 e. The number of fused-ring (bicyclic) bond motifs is 1. The molecule has 0 fully saturated rings. The van der Waals surface area contributed by atoms with Crippen LogP contribution in [0.3, 0.4) is 0 Å². The Bertz CT molecular complexity index is 572. The maximum absolute atomic E-state index is 6.15. The summed E-state index contributed by atoms with van der Waals surface area (Å²) in [6, 6.07) is 6.65. The summed E-state index contributed by atoms with van der Waals surface area (Å²) in [6.07, 6.45) is 2.25. The van der Waals surface area contributed by atoms with Crippen molar-refractivity contribution in [3.63, 3.8) is 0 Å². The Labute approximate surface area is 126 Å². The third kappa shape index (κ3) is 3.75. The molecule has 0 amide bonds. The number of rotatable bonds is 6. The highest BCUT2D eigenvalue weighted by Gasteiger charge is 2.09. The molecule has 0 radical (unpaired) electrons. The van der Waals surface area contributed by atoms with Gasteiger partial charge >= 0.3 is 0 Å². The van der Waals surface area contributed by atoms with E-state index in [1.807, 2.05) is 6.07 Å².